The number of methoxy groups -OCH3 is 1. The van der Waals surface area contributed by atoms with Gasteiger partial charge in [-0.15, -0.1) is 12.8 Å². The van der Waals surface area contributed by atoms with Gasteiger partial charge in [0, 0.05) is 65.0 Å². The van der Waals surface area contributed by atoms with Gasteiger partial charge in [-0.05, 0) is 25.5 Å². The van der Waals surface area contributed by atoms with Crippen LogP contribution in [0.4, 0.5) is 17.3 Å². The predicted octanol–water partition coefficient (Wildman–Crippen LogP) is 2.59. The molecule has 34 heavy (non-hydrogen) atoms. The Bertz CT molecular complexity index is 1050. The van der Waals surface area contributed by atoms with Gasteiger partial charge >= 0.3 is 0 Å². The summed E-state index contributed by atoms with van der Waals surface area (Å²) in [6.07, 6.45) is 12.4. The summed E-state index contributed by atoms with van der Waals surface area (Å²) < 4.78 is 5.37. The number of fused-ring (bicyclic) bond motifs is 1. The van der Waals surface area contributed by atoms with Crippen molar-refractivity contribution in [3.63, 3.8) is 0 Å². The molecule has 2 aliphatic rings. The second-order valence-corrected chi connectivity index (χ2v) is 8.43. The van der Waals surface area contributed by atoms with Gasteiger partial charge in [0.25, 0.3) is 5.91 Å². The molecule has 1 aromatic carbocycles. The first kappa shape index (κ1) is 24.8. The van der Waals surface area contributed by atoms with Crippen molar-refractivity contribution >= 4 is 29.4 Å². The van der Waals surface area contributed by atoms with E-state index < -0.39 is 0 Å². The quantitative estimate of drug-likeness (QED) is 0.370. The number of hydrogen-bond donors (Lipinski definition) is 0. The summed E-state index contributed by atoms with van der Waals surface area (Å²) in [5.74, 6) is 3.03. The molecule has 2 fully saturated rings. The lowest BCUT2D eigenvalue weighted by atomic mass is 9.81. The number of aromatic nitrogens is 2. The fourth-order valence-electron chi connectivity index (χ4n) is 4.47. The molecule has 0 N–H and O–H groups in total. The average Bonchev–Trinajstić information content (AvgIpc) is 2.85. The maximum absolute atomic E-state index is 13.6. The average molecular weight is 464 g/mol. The molecule has 9 nitrogen and oxygen atoms in total. The number of terminal acetylenes is 1. The molecule has 2 unspecified atom stereocenters. The summed E-state index contributed by atoms with van der Waals surface area (Å²) >= 11 is 0. The Kier molecular flexibility index (Phi) is 7.95. The second kappa shape index (κ2) is 10.9. The summed E-state index contributed by atoms with van der Waals surface area (Å²) in [4.78, 5) is 28.6. The van der Waals surface area contributed by atoms with Crippen molar-refractivity contribution < 1.29 is 9.53 Å². The number of benzene rings is 1. The number of amides is 1. The van der Waals surface area contributed by atoms with E-state index in [9.17, 15) is 4.79 Å². The molecule has 1 amide bonds. The zero-order valence-corrected chi connectivity index (χ0v) is 20.5. The molecular formula is C25H33N7O2. The van der Waals surface area contributed by atoms with Crippen molar-refractivity contribution in [1.29, 1.82) is 0 Å². The van der Waals surface area contributed by atoms with Gasteiger partial charge in [-0.3, -0.25) is 9.80 Å². The van der Waals surface area contributed by atoms with E-state index in [0.717, 1.165) is 43.4 Å². The number of carbonyl (C=O) groups is 1. The van der Waals surface area contributed by atoms with E-state index in [1.54, 1.807) is 24.7 Å². The van der Waals surface area contributed by atoms with Gasteiger partial charge in [-0.1, -0.05) is 0 Å². The van der Waals surface area contributed by atoms with Gasteiger partial charge in [0.15, 0.2) is 0 Å². The minimum atomic E-state index is 0.0283. The number of likely N-dealkylation sites (tertiary alicyclic amines) is 1. The van der Waals surface area contributed by atoms with Gasteiger partial charge in [0.1, 0.15) is 23.7 Å². The van der Waals surface area contributed by atoms with E-state index in [-0.39, 0.29) is 11.9 Å². The van der Waals surface area contributed by atoms with Crippen LogP contribution in [0.15, 0.2) is 35.7 Å². The number of hydrazone groups is 1. The molecule has 2 atom stereocenters. The zero-order valence-electron chi connectivity index (χ0n) is 20.5. The smallest absolute Gasteiger partial charge is 0.256 e. The molecule has 2 aliphatic heterocycles. The van der Waals surface area contributed by atoms with Crippen LogP contribution in [0.1, 0.15) is 23.7 Å². The molecule has 3 heterocycles. The maximum Gasteiger partial charge on any atom is 0.256 e. The third-order valence-corrected chi connectivity index (χ3v) is 6.31. The van der Waals surface area contributed by atoms with Crippen LogP contribution in [0, 0.1) is 18.8 Å². The Morgan fingerprint density at radius 1 is 1.21 bits per heavy atom. The number of ether oxygens (including phenoxy) is 1. The number of carbonyl (C=O) groups excluding carboxylic acids is 1. The lowest BCUT2D eigenvalue weighted by Gasteiger charge is -2.53. The van der Waals surface area contributed by atoms with Crippen LogP contribution >= 0.6 is 0 Å². The maximum atomic E-state index is 13.6. The summed E-state index contributed by atoms with van der Waals surface area (Å²) in [6.45, 7) is 4.35. The van der Waals surface area contributed by atoms with Crippen molar-refractivity contribution in [2.24, 2.45) is 11.0 Å². The van der Waals surface area contributed by atoms with E-state index in [0.29, 0.717) is 17.2 Å². The number of piperidine rings is 1. The van der Waals surface area contributed by atoms with E-state index in [2.05, 4.69) is 32.8 Å². The Labute approximate surface area is 202 Å². The van der Waals surface area contributed by atoms with Crippen LogP contribution in [0.3, 0.4) is 0 Å². The van der Waals surface area contributed by atoms with Crippen LogP contribution in [0.5, 0.6) is 5.75 Å². The normalized spacial score (nSPS) is 18.9. The molecule has 180 valence electrons. The minimum absolute atomic E-state index is 0.0283. The highest BCUT2D eigenvalue weighted by Gasteiger charge is 2.45. The standard InChI is InChI=1S/C23H31N7O2.C2H2/c1-6-26-28(4)19-11-17(32-5)7-8-18(19)23(31)30-13-16-9-10-29(14-20(16)30)22-12-21(27(2)3)24-15-25-22;1-2/h6-8,11-12,15-16,20H,9-10,13-14H2,1-5H3;1-2H/b26-6-;. The third kappa shape index (κ3) is 4.91. The highest BCUT2D eigenvalue weighted by molar-refractivity contribution is 6.01. The molecule has 2 aromatic rings. The van der Waals surface area contributed by atoms with Crippen LogP contribution < -0.4 is 19.5 Å². The number of anilines is 3. The fourth-order valence-corrected chi connectivity index (χ4v) is 4.47. The number of nitrogens with zero attached hydrogens (tertiary/aromatic N) is 7. The van der Waals surface area contributed by atoms with Crippen LogP contribution in [0.25, 0.3) is 0 Å². The van der Waals surface area contributed by atoms with Crippen molar-refractivity contribution in [3.05, 3.63) is 36.2 Å². The molecular weight excluding hydrogens is 430 g/mol. The topological polar surface area (TPSA) is 77.4 Å². The van der Waals surface area contributed by atoms with Crippen LogP contribution in [-0.4, -0.2) is 80.9 Å². The fraction of sp³-hybridized carbons (Fsp3) is 0.440. The molecule has 0 spiro atoms. The number of hydrogen-bond acceptors (Lipinski definition) is 8. The first-order valence-electron chi connectivity index (χ1n) is 11.2. The Balaban J connectivity index is 0.00000158. The highest BCUT2D eigenvalue weighted by atomic mass is 16.5. The molecule has 1 aromatic heterocycles. The van der Waals surface area contributed by atoms with Gasteiger partial charge < -0.3 is 19.4 Å². The van der Waals surface area contributed by atoms with Gasteiger partial charge in [0.05, 0.1) is 24.4 Å². The van der Waals surface area contributed by atoms with E-state index in [1.165, 1.54) is 0 Å². The largest absolute Gasteiger partial charge is 0.497 e. The monoisotopic (exact) mass is 463 g/mol. The molecule has 0 bridgehead atoms. The molecule has 2 saturated heterocycles. The first-order valence-corrected chi connectivity index (χ1v) is 11.2. The lowest BCUT2D eigenvalue weighted by Crippen LogP contribution is -2.65. The van der Waals surface area contributed by atoms with Gasteiger partial charge in [0.2, 0.25) is 0 Å². The zero-order chi connectivity index (χ0) is 24.8. The SMILES string of the molecule is C#C.C/C=N\N(C)c1cc(OC)ccc1C(=O)N1CC2CCN(c3cc(N(C)C)ncn3)CC21. The first-order chi connectivity index (χ1) is 16.4. The summed E-state index contributed by atoms with van der Waals surface area (Å²) in [5, 5.41) is 6.04. The molecule has 4 rings (SSSR count). The molecule has 0 aliphatic carbocycles. The van der Waals surface area contributed by atoms with E-state index >= 15 is 0 Å². The summed E-state index contributed by atoms with van der Waals surface area (Å²) in [6, 6.07) is 7.69. The van der Waals surface area contributed by atoms with Gasteiger partial charge in [-0.2, -0.15) is 5.10 Å². The molecule has 0 radical (unpaired) electrons. The molecule has 0 saturated carbocycles. The molecule has 9 heteroatoms. The van der Waals surface area contributed by atoms with Crippen molar-refractivity contribution in [2.45, 2.75) is 19.4 Å². The Hall–Kier alpha value is -3.80. The number of rotatable bonds is 6. The lowest BCUT2D eigenvalue weighted by molar-refractivity contribution is 0.00785. The van der Waals surface area contributed by atoms with Gasteiger partial charge in [-0.25, -0.2) is 9.97 Å². The summed E-state index contributed by atoms with van der Waals surface area (Å²) in [5.41, 5.74) is 1.36. The van der Waals surface area contributed by atoms with Crippen molar-refractivity contribution in [2.75, 3.05) is 62.7 Å². The van der Waals surface area contributed by atoms with Crippen molar-refractivity contribution in [1.82, 2.24) is 14.9 Å². The summed E-state index contributed by atoms with van der Waals surface area (Å²) in [7, 11) is 7.40. The Morgan fingerprint density at radius 3 is 2.65 bits per heavy atom. The van der Waals surface area contributed by atoms with E-state index in [1.807, 2.05) is 62.1 Å². The van der Waals surface area contributed by atoms with Crippen LogP contribution in [-0.2, 0) is 0 Å². The highest BCUT2D eigenvalue weighted by Crippen LogP contribution is 2.37. The predicted molar refractivity (Wildman–Crippen MR) is 137 cm³/mol. The minimum Gasteiger partial charge on any atom is -0.497 e. The van der Waals surface area contributed by atoms with E-state index in [4.69, 9.17) is 4.74 Å². The second-order valence-electron chi connectivity index (χ2n) is 8.43. The third-order valence-electron chi connectivity index (χ3n) is 6.31. The van der Waals surface area contributed by atoms with Crippen molar-refractivity contribution in [3.8, 4) is 18.6 Å². The van der Waals surface area contributed by atoms with Crippen LogP contribution in [0.2, 0.25) is 0 Å². The Morgan fingerprint density at radius 2 is 1.97 bits per heavy atom.